The van der Waals surface area contributed by atoms with E-state index in [0.717, 1.165) is 0 Å². The van der Waals surface area contributed by atoms with Crippen molar-refractivity contribution in [1.29, 1.82) is 0 Å². The van der Waals surface area contributed by atoms with Crippen molar-refractivity contribution >= 4 is 0 Å². The van der Waals surface area contributed by atoms with Crippen molar-refractivity contribution in [1.82, 2.24) is 5.43 Å². The zero-order chi connectivity index (χ0) is 14.5. The maximum Gasteiger partial charge on any atom is 0.129 e. The van der Waals surface area contributed by atoms with Crippen LogP contribution in [0.2, 0.25) is 0 Å². The number of nitrogens with two attached hydrogens (primary N) is 1. The van der Waals surface area contributed by atoms with Crippen LogP contribution in [0, 0.1) is 11.6 Å². The number of ether oxygens (including phenoxy) is 1. The van der Waals surface area contributed by atoms with E-state index in [9.17, 15) is 8.78 Å². The number of hydrazine groups is 1. The van der Waals surface area contributed by atoms with Crippen molar-refractivity contribution in [2.45, 2.75) is 44.8 Å². The standard InChI is InChI=1S/C14H22F2N2O/c1-4-14(5-2,19-3)13(18-17)9-10-11(15)7-6-8-12(10)16/h6-8,13,18H,4-5,9,17H2,1-3H3. The average Bonchev–Trinajstić information content (AvgIpc) is 2.43. The Hall–Kier alpha value is -1.04. The van der Waals surface area contributed by atoms with Gasteiger partial charge in [0.25, 0.3) is 0 Å². The highest BCUT2D eigenvalue weighted by Crippen LogP contribution is 2.27. The van der Waals surface area contributed by atoms with E-state index in [0.29, 0.717) is 12.8 Å². The maximum absolute atomic E-state index is 13.7. The minimum Gasteiger partial charge on any atom is -0.377 e. The van der Waals surface area contributed by atoms with Gasteiger partial charge in [0.15, 0.2) is 0 Å². The molecule has 0 spiro atoms. The van der Waals surface area contributed by atoms with Gasteiger partial charge >= 0.3 is 0 Å². The van der Waals surface area contributed by atoms with Crippen molar-refractivity contribution in [3.05, 3.63) is 35.4 Å². The number of rotatable bonds is 7. The van der Waals surface area contributed by atoms with Gasteiger partial charge in [0.05, 0.1) is 11.6 Å². The predicted molar refractivity (Wildman–Crippen MR) is 71.5 cm³/mol. The topological polar surface area (TPSA) is 47.3 Å². The average molecular weight is 272 g/mol. The van der Waals surface area contributed by atoms with Crippen LogP contribution in [0.15, 0.2) is 18.2 Å². The van der Waals surface area contributed by atoms with E-state index >= 15 is 0 Å². The molecule has 0 amide bonds. The molecule has 3 N–H and O–H groups in total. The summed E-state index contributed by atoms with van der Waals surface area (Å²) in [6.07, 6.45) is 1.54. The molecule has 0 heterocycles. The molecule has 1 unspecified atom stereocenters. The SMILES string of the molecule is CCC(CC)(OC)C(Cc1c(F)cccc1F)NN. The number of nitrogens with one attached hydrogen (secondary N) is 1. The van der Waals surface area contributed by atoms with Crippen LogP contribution in [0.25, 0.3) is 0 Å². The van der Waals surface area contributed by atoms with Gasteiger partial charge in [0.1, 0.15) is 11.6 Å². The molecule has 0 fully saturated rings. The Morgan fingerprint density at radius 1 is 1.26 bits per heavy atom. The first-order valence-electron chi connectivity index (χ1n) is 6.48. The second kappa shape index (κ2) is 6.93. The summed E-state index contributed by atoms with van der Waals surface area (Å²) in [5.41, 5.74) is 2.14. The summed E-state index contributed by atoms with van der Waals surface area (Å²) in [5.74, 6) is 4.44. The third kappa shape index (κ3) is 3.29. The maximum atomic E-state index is 13.7. The van der Waals surface area contributed by atoms with E-state index in [2.05, 4.69) is 5.43 Å². The van der Waals surface area contributed by atoms with Crippen LogP contribution in [0.1, 0.15) is 32.3 Å². The summed E-state index contributed by atoms with van der Waals surface area (Å²) >= 11 is 0. The van der Waals surface area contributed by atoms with E-state index in [1.54, 1.807) is 7.11 Å². The lowest BCUT2D eigenvalue weighted by atomic mass is 9.84. The number of hydrogen-bond acceptors (Lipinski definition) is 3. The molecule has 0 aliphatic heterocycles. The molecule has 1 aromatic carbocycles. The number of benzene rings is 1. The van der Waals surface area contributed by atoms with E-state index in [4.69, 9.17) is 10.6 Å². The highest BCUT2D eigenvalue weighted by atomic mass is 19.1. The Kier molecular flexibility index (Phi) is 5.85. The minimum atomic E-state index is -0.558. The lowest BCUT2D eigenvalue weighted by Crippen LogP contribution is -2.55. The Bertz CT molecular complexity index is 380. The molecule has 0 radical (unpaired) electrons. The van der Waals surface area contributed by atoms with Gasteiger partial charge in [-0.25, -0.2) is 8.78 Å². The number of halogens is 2. The molecular weight excluding hydrogens is 250 g/mol. The van der Waals surface area contributed by atoms with Crippen LogP contribution < -0.4 is 11.3 Å². The summed E-state index contributed by atoms with van der Waals surface area (Å²) in [7, 11) is 1.59. The lowest BCUT2D eigenvalue weighted by molar-refractivity contribution is -0.0476. The van der Waals surface area contributed by atoms with Crippen LogP contribution in [-0.2, 0) is 11.2 Å². The van der Waals surface area contributed by atoms with Crippen LogP contribution in [0.5, 0.6) is 0 Å². The summed E-state index contributed by atoms with van der Waals surface area (Å²) in [6, 6.07) is 3.48. The van der Waals surface area contributed by atoms with Crippen molar-refractivity contribution in [2.75, 3.05) is 7.11 Å². The van der Waals surface area contributed by atoms with E-state index in [-0.39, 0.29) is 18.0 Å². The highest BCUT2D eigenvalue weighted by Gasteiger charge is 2.36. The van der Waals surface area contributed by atoms with Crippen molar-refractivity contribution < 1.29 is 13.5 Å². The lowest BCUT2D eigenvalue weighted by Gasteiger charge is -2.38. The Morgan fingerprint density at radius 3 is 2.16 bits per heavy atom. The first-order chi connectivity index (χ1) is 9.04. The van der Waals surface area contributed by atoms with Crippen molar-refractivity contribution in [3.63, 3.8) is 0 Å². The quantitative estimate of drug-likeness (QED) is 0.592. The van der Waals surface area contributed by atoms with Crippen molar-refractivity contribution in [2.24, 2.45) is 5.84 Å². The van der Waals surface area contributed by atoms with E-state index in [1.807, 2.05) is 13.8 Å². The molecule has 1 aromatic rings. The first-order valence-corrected chi connectivity index (χ1v) is 6.48. The molecule has 5 heteroatoms. The third-order valence-electron chi connectivity index (χ3n) is 3.91. The van der Waals surface area contributed by atoms with Crippen LogP contribution in [-0.4, -0.2) is 18.8 Å². The van der Waals surface area contributed by atoms with Crippen molar-refractivity contribution in [3.8, 4) is 0 Å². The van der Waals surface area contributed by atoms with Gasteiger partial charge in [-0.1, -0.05) is 19.9 Å². The summed E-state index contributed by atoms with van der Waals surface area (Å²) in [4.78, 5) is 0. The highest BCUT2D eigenvalue weighted by molar-refractivity contribution is 5.21. The zero-order valence-corrected chi connectivity index (χ0v) is 11.7. The normalized spacial score (nSPS) is 13.6. The molecule has 0 aliphatic rings. The Morgan fingerprint density at radius 2 is 1.79 bits per heavy atom. The zero-order valence-electron chi connectivity index (χ0n) is 11.7. The minimum absolute atomic E-state index is 0.0359. The molecule has 108 valence electrons. The van der Waals surface area contributed by atoms with Crippen LogP contribution >= 0.6 is 0 Å². The van der Waals surface area contributed by atoms with Crippen LogP contribution in [0.4, 0.5) is 8.78 Å². The molecule has 0 aliphatic carbocycles. The number of methoxy groups -OCH3 is 1. The smallest absolute Gasteiger partial charge is 0.129 e. The van der Waals surface area contributed by atoms with Gasteiger partial charge < -0.3 is 4.74 Å². The molecule has 1 rings (SSSR count). The molecule has 0 saturated carbocycles. The van der Waals surface area contributed by atoms with Gasteiger partial charge in [-0.2, -0.15) is 0 Å². The Labute approximate surface area is 113 Å². The summed E-state index contributed by atoms with van der Waals surface area (Å²) < 4.78 is 32.9. The predicted octanol–water partition coefficient (Wildman–Crippen LogP) is 2.54. The second-order valence-electron chi connectivity index (χ2n) is 4.60. The van der Waals surface area contributed by atoms with E-state index in [1.165, 1.54) is 18.2 Å². The molecule has 19 heavy (non-hydrogen) atoms. The fourth-order valence-electron chi connectivity index (χ4n) is 2.50. The fourth-order valence-corrected chi connectivity index (χ4v) is 2.50. The van der Waals surface area contributed by atoms with Crippen LogP contribution in [0.3, 0.4) is 0 Å². The van der Waals surface area contributed by atoms with Gasteiger partial charge in [-0.15, -0.1) is 0 Å². The van der Waals surface area contributed by atoms with E-state index < -0.39 is 17.2 Å². The largest absolute Gasteiger partial charge is 0.377 e. The summed E-state index contributed by atoms with van der Waals surface area (Å²) in [5, 5.41) is 0. The molecule has 3 nitrogen and oxygen atoms in total. The molecular formula is C14H22F2N2O. The molecule has 0 saturated heterocycles. The van der Waals surface area contributed by atoms with Gasteiger partial charge in [-0.3, -0.25) is 11.3 Å². The third-order valence-corrected chi connectivity index (χ3v) is 3.91. The molecule has 1 atom stereocenters. The monoisotopic (exact) mass is 272 g/mol. The second-order valence-corrected chi connectivity index (χ2v) is 4.60. The van der Waals surface area contributed by atoms with Gasteiger partial charge in [0, 0.05) is 12.7 Å². The molecule has 0 bridgehead atoms. The first kappa shape index (κ1) is 16.0. The van der Waals surface area contributed by atoms with Gasteiger partial charge in [-0.05, 0) is 31.4 Å². The molecule has 0 aromatic heterocycles. The fraction of sp³-hybridized carbons (Fsp3) is 0.571. The Balaban J connectivity index is 3.05. The summed E-state index contributed by atoms with van der Waals surface area (Å²) in [6.45, 7) is 3.93. The number of hydrogen-bond donors (Lipinski definition) is 2. The van der Waals surface area contributed by atoms with Gasteiger partial charge in [0.2, 0.25) is 0 Å².